The Labute approximate surface area is 160 Å². The second kappa shape index (κ2) is 9.76. The van der Waals surface area contributed by atoms with Gasteiger partial charge < -0.3 is 15.7 Å². The molecule has 0 bridgehead atoms. The van der Waals surface area contributed by atoms with Crippen molar-refractivity contribution in [2.75, 3.05) is 32.7 Å². The van der Waals surface area contributed by atoms with Crippen molar-refractivity contribution in [1.29, 1.82) is 0 Å². The monoisotopic (exact) mass is 386 g/mol. The number of aliphatic imine (C=N–C) groups is 1. The number of likely N-dealkylation sites (tertiary alicyclic amines) is 1. The average molecular weight is 387 g/mol. The summed E-state index contributed by atoms with van der Waals surface area (Å²) in [6.07, 6.45) is 3.31. The number of aliphatic hydroxyl groups is 1. The quantitative estimate of drug-likeness (QED) is 0.497. The van der Waals surface area contributed by atoms with E-state index in [1.807, 2.05) is 19.1 Å². The highest BCUT2D eigenvalue weighted by Crippen LogP contribution is 2.26. The van der Waals surface area contributed by atoms with E-state index in [2.05, 4.69) is 29.4 Å². The van der Waals surface area contributed by atoms with Crippen molar-refractivity contribution in [2.45, 2.75) is 51.7 Å². The highest BCUT2D eigenvalue weighted by molar-refractivity contribution is 7.16. The molecule has 1 aliphatic heterocycles. The first kappa shape index (κ1) is 20.5. The third kappa shape index (κ3) is 6.44. The van der Waals surface area contributed by atoms with E-state index >= 15 is 0 Å². The molecule has 0 spiro atoms. The molecule has 0 aromatic carbocycles. The fraction of sp³-hybridized carbons (Fsp3) is 0.722. The summed E-state index contributed by atoms with van der Waals surface area (Å²) in [5, 5.41) is 16.8. The maximum Gasteiger partial charge on any atom is 0.191 e. The van der Waals surface area contributed by atoms with Gasteiger partial charge in [0, 0.05) is 23.5 Å². The molecule has 5 nitrogen and oxygen atoms in total. The van der Waals surface area contributed by atoms with Gasteiger partial charge in [-0.1, -0.05) is 18.0 Å². The number of nitrogens with one attached hydrogen (secondary N) is 2. The van der Waals surface area contributed by atoms with E-state index in [9.17, 15) is 5.11 Å². The Kier molecular flexibility index (Phi) is 8.00. The summed E-state index contributed by atoms with van der Waals surface area (Å²) < 4.78 is 0.693. The molecule has 0 saturated carbocycles. The molecule has 1 aromatic heterocycles. The molecule has 2 rings (SSSR count). The molecule has 1 unspecified atom stereocenters. The van der Waals surface area contributed by atoms with Crippen LogP contribution in [0.2, 0.25) is 4.34 Å². The van der Waals surface area contributed by atoms with Crippen molar-refractivity contribution in [2.24, 2.45) is 4.99 Å². The van der Waals surface area contributed by atoms with Crippen molar-refractivity contribution in [1.82, 2.24) is 15.5 Å². The molecular weight excluding hydrogens is 356 g/mol. The summed E-state index contributed by atoms with van der Waals surface area (Å²) in [5.41, 5.74) is 0.0443. The summed E-state index contributed by atoms with van der Waals surface area (Å²) >= 11 is 7.34. The van der Waals surface area contributed by atoms with Crippen LogP contribution in [0.1, 0.15) is 51.0 Å². The molecule has 1 fully saturated rings. The van der Waals surface area contributed by atoms with Gasteiger partial charge in [0.15, 0.2) is 5.96 Å². The zero-order chi connectivity index (χ0) is 18.3. The molecule has 0 aliphatic carbocycles. The lowest BCUT2D eigenvalue weighted by Gasteiger charge is -2.40. The van der Waals surface area contributed by atoms with Gasteiger partial charge >= 0.3 is 0 Å². The summed E-state index contributed by atoms with van der Waals surface area (Å²) in [6.45, 7) is 10.8. The van der Waals surface area contributed by atoms with Crippen molar-refractivity contribution in [3.8, 4) is 0 Å². The molecule has 142 valence electrons. The van der Waals surface area contributed by atoms with Crippen molar-refractivity contribution in [3.05, 3.63) is 21.3 Å². The fourth-order valence-electron chi connectivity index (χ4n) is 3.01. The van der Waals surface area contributed by atoms with Crippen molar-refractivity contribution in [3.63, 3.8) is 0 Å². The topological polar surface area (TPSA) is 59.9 Å². The molecule has 0 amide bonds. The van der Waals surface area contributed by atoms with E-state index in [0.717, 1.165) is 37.0 Å². The van der Waals surface area contributed by atoms with Gasteiger partial charge in [0.05, 0.1) is 10.9 Å². The molecule has 1 aromatic rings. The third-order valence-corrected chi connectivity index (χ3v) is 5.90. The van der Waals surface area contributed by atoms with Crippen LogP contribution in [0.25, 0.3) is 0 Å². The first-order valence-electron chi connectivity index (χ1n) is 9.13. The molecule has 7 heteroatoms. The normalized spacial score (nSPS) is 18.2. The minimum atomic E-state index is -0.587. The predicted molar refractivity (Wildman–Crippen MR) is 108 cm³/mol. The Morgan fingerprint density at radius 1 is 1.32 bits per heavy atom. The molecule has 1 saturated heterocycles. The summed E-state index contributed by atoms with van der Waals surface area (Å²) in [5.74, 6) is 0.745. The number of aliphatic hydroxyl groups excluding tert-OH is 1. The standard InChI is InChI=1S/C18H31ClN4OS/c1-4-20-17(21-12-14(24)15-8-9-16(19)25-15)22-13-18(2,3)23-10-6-5-7-11-23/h8-9,14,24H,4-7,10-13H2,1-3H3,(H2,20,21,22). The van der Waals surface area contributed by atoms with E-state index in [4.69, 9.17) is 16.6 Å². The highest BCUT2D eigenvalue weighted by Gasteiger charge is 2.27. The lowest BCUT2D eigenvalue weighted by molar-refractivity contribution is 0.102. The van der Waals surface area contributed by atoms with Gasteiger partial charge in [-0.2, -0.15) is 0 Å². The molecule has 2 heterocycles. The van der Waals surface area contributed by atoms with Crippen LogP contribution in [-0.4, -0.2) is 54.2 Å². The van der Waals surface area contributed by atoms with Crippen LogP contribution in [0.15, 0.2) is 17.1 Å². The number of hydrogen-bond acceptors (Lipinski definition) is 4. The van der Waals surface area contributed by atoms with Crippen LogP contribution >= 0.6 is 22.9 Å². The zero-order valence-electron chi connectivity index (χ0n) is 15.5. The van der Waals surface area contributed by atoms with Gasteiger partial charge in [-0.3, -0.25) is 9.89 Å². The van der Waals surface area contributed by atoms with Crippen LogP contribution < -0.4 is 10.6 Å². The maximum atomic E-state index is 10.3. The molecule has 1 aliphatic rings. The molecule has 25 heavy (non-hydrogen) atoms. The van der Waals surface area contributed by atoms with Gasteiger partial charge in [0.2, 0.25) is 0 Å². The van der Waals surface area contributed by atoms with Gasteiger partial charge in [0.1, 0.15) is 6.10 Å². The molecule has 1 atom stereocenters. The van der Waals surface area contributed by atoms with E-state index in [1.165, 1.54) is 30.6 Å². The van der Waals surface area contributed by atoms with E-state index < -0.39 is 6.10 Å². The van der Waals surface area contributed by atoms with Crippen LogP contribution in [0.5, 0.6) is 0 Å². The number of thiophene rings is 1. The minimum absolute atomic E-state index is 0.0443. The van der Waals surface area contributed by atoms with Gasteiger partial charge in [-0.15, -0.1) is 11.3 Å². The lowest BCUT2D eigenvalue weighted by atomic mass is 9.99. The van der Waals surface area contributed by atoms with Crippen molar-refractivity contribution < 1.29 is 5.11 Å². The smallest absolute Gasteiger partial charge is 0.191 e. The van der Waals surface area contributed by atoms with Crippen molar-refractivity contribution >= 4 is 28.9 Å². The number of piperidine rings is 1. The Balaban J connectivity index is 1.90. The first-order chi connectivity index (χ1) is 11.9. The number of guanidine groups is 1. The number of hydrogen-bond donors (Lipinski definition) is 3. The number of rotatable bonds is 7. The Hall–Kier alpha value is -0.820. The second-order valence-corrected chi connectivity index (χ2v) is 8.84. The van der Waals surface area contributed by atoms with Crippen LogP contribution in [0, 0.1) is 0 Å². The summed E-state index contributed by atoms with van der Waals surface area (Å²) in [6, 6.07) is 3.67. The van der Waals surface area contributed by atoms with E-state index in [0.29, 0.717) is 10.9 Å². The molecular formula is C18H31ClN4OS. The predicted octanol–water partition coefficient (Wildman–Crippen LogP) is 3.25. The minimum Gasteiger partial charge on any atom is -0.386 e. The lowest BCUT2D eigenvalue weighted by Crippen LogP contribution is -2.49. The van der Waals surface area contributed by atoms with Gasteiger partial charge in [-0.25, -0.2) is 0 Å². The van der Waals surface area contributed by atoms with Crippen LogP contribution in [0.4, 0.5) is 0 Å². The number of nitrogens with zero attached hydrogens (tertiary/aromatic N) is 2. The highest BCUT2D eigenvalue weighted by atomic mass is 35.5. The van der Waals surface area contributed by atoms with Gasteiger partial charge in [-0.05, 0) is 58.8 Å². The van der Waals surface area contributed by atoms with E-state index in [-0.39, 0.29) is 5.54 Å². The van der Waals surface area contributed by atoms with Crippen LogP contribution in [0.3, 0.4) is 0 Å². The maximum absolute atomic E-state index is 10.3. The van der Waals surface area contributed by atoms with Crippen LogP contribution in [-0.2, 0) is 0 Å². The Bertz CT molecular complexity index is 555. The zero-order valence-corrected chi connectivity index (χ0v) is 17.1. The largest absolute Gasteiger partial charge is 0.386 e. The second-order valence-electron chi connectivity index (χ2n) is 7.09. The Morgan fingerprint density at radius 3 is 2.64 bits per heavy atom. The fourth-order valence-corrected chi connectivity index (χ4v) is 4.06. The summed E-state index contributed by atoms with van der Waals surface area (Å²) in [7, 11) is 0. The number of halogens is 1. The average Bonchev–Trinajstić information content (AvgIpc) is 3.04. The SMILES string of the molecule is CCNC(=NCC(C)(C)N1CCCCC1)NCC(O)c1ccc(Cl)s1. The third-order valence-electron chi connectivity index (χ3n) is 4.57. The molecule has 3 N–H and O–H groups in total. The van der Waals surface area contributed by atoms with E-state index in [1.54, 1.807) is 0 Å². The first-order valence-corrected chi connectivity index (χ1v) is 10.3. The van der Waals surface area contributed by atoms with Gasteiger partial charge in [0.25, 0.3) is 0 Å². The molecule has 0 radical (unpaired) electrons. The Morgan fingerprint density at radius 2 is 2.04 bits per heavy atom. The summed E-state index contributed by atoms with van der Waals surface area (Å²) in [4.78, 5) is 8.15.